The summed E-state index contributed by atoms with van der Waals surface area (Å²) in [5.74, 6) is -7.60. The van der Waals surface area contributed by atoms with Crippen LogP contribution in [0.1, 0.15) is 138 Å². The number of hydrogen-bond donors (Lipinski definition) is 3. The Morgan fingerprint density at radius 1 is 0.702 bits per heavy atom. The minimum Gasteiger partial charge on any atom is -0.461 e. The van der Waals surface area contributed by atoms with E-state index >= 15 is 4.79 Å². The molecule has 1 amide bonds. The van der Waals surface area contributed by atoms with Crippen LogP contribution in [0.5, 0.6) is 0 Å². The van der Waals surface area contributed by atoms with Crippen LogP contribution in [0.4, 0.5) is 0 Å². The number of Topliss-reactive ketones (excluding diaryl/α,β-unsaturated/α-hetero) is 1. The van der Waals surface area contributed by atoms with E-state index in [0.717, 1.165) is 46.0 Å². The summed E-state index contributed by atoms with van der Waals surface area (Å²) in [5, 5.41) is 28.7. The molecule has 3 unspecified atom stereocenters. The Kier molecular flexibility index (Phi) is 19.9. The number of ether oxygens (including phenoxy) is 6. The second-order valence-electron chi connectivity index (χ2n) is 22.5. The number of benzene rings is 3. The van der Waals surface area contributed by atoms with Crippen molar-refractivity contribution in [3.05, 3.63) is 192 Å². The molecule has 3 N–H and O–H groups in total. The van der Waals surface area contributed by atoms with Gasteiger partial charge >= 0.3 is 29.8 Å². The summed E-state index contributed by atoms with van der Waals surface area (Å²) in [6, 6.07) is 23.0. The molecule has 8 rings (SSSR count). The van der Waals surface area contributed by atoms with Gasteiger partial charge in [-0.25, -0.2) is 9.59 Å². The van der Waals surface area contributed by atoms with Gasteiger partial charge in [-0.1, -0.05) is 147 Å². The van der Waals surface area contributed by atoms with Crippen molar-refractivity contribution < 1.29 is 72.2 Å². The molecule has 1 heterocycles. The first-order valence-corrected chi connectivity index (χ1v) is 28.9. The number of nitrogens with one attached hydrogen (secondary N) is 1. The molecule has 16 nitrogen and oxygen atoms in total. The number of rotatable bonds is 25. The summed E-state index contributed by atoms with van der Waals surface area (Å²) >= 11 is 0. The lowest BCUT2D eigenvalue weighted by Gasteiger charge is -2.78. The number of fused-ring (bicyclic) bond motifs is 3. The molecule has 4 aliphatic carbocycles. The highest BCUT2D eigenvalue weighted by atomic mass is 16.6. The van der Waals surface area contributed by atoms with E-state index < -0.39 is 118 Å². The van der Waals surface area contributed by atoms with E-state index in [1.54, 1.807) is 85.8 Å². The molecule has 0 bridgehead atoms. The average Bonchev–Trinajstić information content (AvgIpc) is 0.663. The molecule has 12 atom stereocenters. The zero-order chi connectivity index (χ0) is 60.3. The second kappa shape index (κ2) is 26.8. The first kappa shape index (κ1) is 62.3. The van der Waals surface area contributed by atoms with E-state index in [0.29, 0.717) is 12.0 Å². The molecule has 0 aromatic heterocycles. The van der Waals surface area contributed by atoms with Gasteiger partial charge in [-0.15, -0.1) is 0 Å². The SMILES string of the molecule is CC/C=C\C/C=C\C/C=C\C/C=C\C/C=C\C/C=C\CCC(=O)O[C@H]1C[C@H]2OC[C@@]2(OC(C)=O)[C@H]2[C@H](OC(=O)c3ccccc3)[C@]3(O)CC4(OC(=O)[C@H](O)C(NC(=O)c5ccccc5)c5ccccc5)C(C)=C([C@@H](OC(C)=O)C(=O)[C@]12C)C43C. The van der Waals surface area contributed by atoms with Crippen molar-refractivity contribution in [2.75, 3.05) is 6.61 Å². The van der Waals surface area contributed by atoms with Crippen LogP contribution in [-0.4, -0.2) is 106 Å². The molecular formula is C68H77NO15. The Labute approximate surface area is 491 Å². The highest BCUT2D eigenvalue weighted by molar-refractivity contribution is 5.98. The van der Waals surface area contributed by atoms with Crippen LogP contribution < -0.4 is 5.32 Å². The summed E-state index contributed by atoms with van der Waals surface area (Å²) < 4.78 is 37.7. The molecule has 3 aromatic carbocycles. The standard InChI is InChI=1S/C68H77NO15/c1-7-8-9-10-11-12-13-14-15-16-17-18-19-20-21-22-23-24-34-41-53(72)81-51-42-52-66(44-79-52,83-47(4)71)58-60(82-62(76)50-39-32-27-33-40-50)67(78)43-68(45(2)54(65(67,68)6)57(80-46(3)70)59(74)64(51,58)5)84-63(77)56(73)55(48-35-28-25-29-36-48)69-61(75)49-37-30-26-31-38-49/h8-9,11-12,14-15,17-18,20-21,23-33,35-40,51-52,55-58,60,73,78H,7,10,13,16,19,22,34,41-44H2,1-6H3,(H,69,75)/b9-8-,12-11-,15-14-,18-17-,21-20-,24-23-/t51-,52+,55?,56+,57+,58-,60-,64+,65?,66-,67+,68?/m0/s1. The molecule has 1 saturated heterocycles. The Morgan fingerprint density at radius 2 is 1.24 bits per heavy atom. The van der Waals surface area contributed by atoms with Crippen molar-refractivity contribution in [2.24, 2.45) is 16.7 Å². The third-order valence-corrected chi connectivity index (χ3v) is 17.4. The van der Waals surface area contributed by atoms with Gasteiger partial charge in [-0.2, -0.15) is 0 Å². The van der Waals surface area contributed by atoms with Gasteiger partial charge in [0.2, 0.25) is 0 Å². The predicted octanol–water partition coefficient (Wildman–Crippen LogP) is 10.1. The third-order valence-electron chi connectivity index (χ3n) is 17.4. The van der Waals surface area contributed by atoms with Crippen LogP contribution in [0.15, 0.2) is 175 Å². The summed E-state index contributed by atoms with van der Waals surface area (Å²) in [6.07, 6.45) is 21.3. The molecule has 5 aliphatic rings. The van der Waals surface area contributed by atoms with E-state index in [9.17, 15) is 39.0 Å². The van der Waals surface area contributed by atoms with Gasteiger partial charge in [0.05, 0.1) is 35.0 Å². The molecule has 4 fully saturated rings. The van der Waals surface area contributed by atoms with E-state index in [1.165, 1.54) is 26.0 Å². The van der Waals surface area contributed by atoms with Crippen LogP contribution in [0.2, 0.25) is 0 Å². The maximum atomic E-state index is 16.2. The Morgan fingerprint density at radius 3 is 1.76 bits per heavy atom. The first-order valence-electron chi connectivity index (χ1n) is 28.9. The molecule has 0 spiro atoms. The number of carbonyl (C=O) groups is 7. The highest BCUT2D eigenvalue weighted by Crippen LogP contribution is 2.78. The first-order chi connectivity index (χ1) is 40.3. The summed E-state index contributed by atoms with van der Waals surface area (Å²) in [7, 11) is 0. The number of aliphatic hydroxyl groups excluding tert-OH is 1. The summed E-state index contributed by atoms with van der Waals surface area (Å²) in [4.78, 5) is 100. The number of aliphatic hydroxyl groups is 2. The number of amides is 1. The summed E-state index contributed by atoms with van der Waals surface area (Å²) in [6.45, 7) is 8.54. The van der Waals surface area contributed by atoms with Gasteiger partial charge in [0.15, 0.2) is 23.6 Å². The Hall–Kier alpha value is -7.79. The zero-order valence-corrected chi connectivity index (χ0v) is 48.6. The van der Waals surface area contributed by atoms with E-state index in [2.05, 4.69) is 66.9 Å². The van der Waals surface area contributed by atoms with Crippen LogP contribution in [0.25, 0.3) is 0 Å². The zero-order valence-electron chi connectivity index (χ0n) is 48.6. The third kappa shape index (κ3) is 12.1. The van der Waals surface area contributed by atoms with Crippen molar-refractivity contribution >= 4 is 41.5 Å². The molecule has 444 valence electrons. The number of ketones is 1. The maximum absolute atomic E-state index is 16.2. The summed E-state index contributed by atoms with van der Waals surface area (Å²) in [5.41, 5.74) is -9.27. The molecule has 3 aromatic rings. The molecule has 3 saturated carbocycles. The molecule has 1 aliphatic heterocycles. The van der Waals surface area contributed by atoms with Gasteiger partial charge in [-0.3, -0.25) is 24.0 Å². The van der Waals surface area contributed by atoms with Crippen LogP contribution >= 0.6 is 0 Å². The van der Waals surface area contributed by atoms with Crippen LogP contribution in [-0.2, 0) is 52.4 Å². The lowest BCUT2D eigenvalue weighted by atomic mass is 9.30. The van der Waals surface area contributed by atoms with Gasteiger partial charge in [0.25, 0.3) is 5.91 Å². The topological polar surface area (TPSA) is 227 Å². The second-order valence-corrected chi connectivity index (χ2v) is 22.5. The van der Waals surface area contributed by atoms with E-state index in [-0.39, 0.29) is 48.1 Å². The Balaban J connectivity index is 1.09. The highest BCUT2D eigenvalue weighted by Gasteiger charge is 2.90. The van der Waals surface area contributed by atoms with Crippen molar-refractivity contribution in [2.45, 2.75) is 159 Å². The smallest absolute Gasteiger partial charge is 0.338 e. The lowest BCUT2D eigenvalue weighted by molar-refractivity contribution is -0.376. The predicted molar refractivity (Wildman–Crippen MR) is 312 cm³/mol. The van der Waals surface area contributed by atoms with Crippen molar-refractivity contribution in [3.63, 3.8) is 0 Å². The minimum absolute atomic E-state index is 0.0207. The monoisotopic (exact) mass is 1150 g/mol. The quantitative estimate of drug-likeness (QED) is 0.0407. The largest absolute Gasteiger partial charge is 0.461 e. The Bertz CT molecular complexity index is 3130. The fourth-order valence-electron chi connectivity index (χ4n) is 13.2. The average molecular weight is 1150 g/mol. The van der Waals surface area contributed by atoms with Gasteiger partial charge in [0.1, 0.15) is 29.5 Å². The minimum atomic E-state index is -2.38. The number of hydrogen-bond acceptors (Lipinski definition) is 15. The lowest BCUT2D eigenvalue weighted by Crippen LogP contribution is -2.90. The van der Waals surface area contributed by atoms with Crippen LogP contribution in [0, 0.1) is 16.7 Å². The maximum Gasteiger partial charge on any atom is 0.338 e. The number of esters is 5. The number of carbonyl (C=O) groups excluding carboxylic acids is 7. The normalized spacial score (nSPS) is 29.4. The van der Waals surface area contributed by atoms with Crippen molar-refractivity contribution in [1.29, 1.82) is 0 Å². The molecule has 16 heteroatoms. The van der Waals surface area contributed by atoms with E-state index in [4.69, 9.17) is 28.4 Å². The van der Waals surface area contributed by atoms with Crippen molar-refractivity contribution in [1.82, 2.24) is 5.32 Å². The fraction of sp³-hybridized carbons (Fsp3) is 0.426. The van der Waals surface area contributed by atoms with Gasteiger partial charge in [-0.05, 0) is 107 Å². The van der Waals surface area contributed by atoms with Gasteiger partial charge in [0, 0.05) is 38.7 Å². The van der Waals surface area contributed by atoms with Gasteiger partial charge < -0.3 is 44.0 Å². The fourth-order valence-corrected chi connectivity index (χ4v) is 13.2. The molecule has 0 radical (unpaired) electrons. The molecule has 84 heavy (non-hydrogen) atoms. The van der Waals surface area contributed by atoms with E-state index in [1.807, 2.05) is 18.2 Å². The molecular weight excluding hydrogens is 1070 g/mol. The van der Waals surface area contributed by atoms with Crippen LogP contribution in [0.3, 0.4) is 0 Å². The van der Waals surface area contributed by atoms with Crippen molar-refractivity contribution in [3.8, 4) is 0 Å². The number of allylic oxidation sites excluding steroid dienone is 12.